The summed E-state index contributed by atoms with van der Waals surface area (Å²) in [5.41, 5.74) is 4.89. The number of aliphatic hydroxyl groups is 1. The van der Waals surface area contributed by atoms with Gasteiger partial charge in [0, 0.05) is 12.1 Å². The Labute approximate surface area is 165 Å². The Morgan fingerprint density at radius 2 is 1.46 bits per heavy atom. The molecule has 0 radical (unpaired) electrons. The Hall–Kier alpha value is -3.33. The van der Waals surface area contributed by atoms with E-state index in [1.54, 1.807) is 4.90 Å². The number of aliphatic hydroxyl groups excluding tert-OH is 1. The lowest BCUT2D eigenvalue weighted by Gasteiger charge is -2.27. The second-order valence-electron chi connectivity index (χ2n) is 7.18. The molecule has 1 atom stereocenters. The summed E-state index contributed by atoms with van der Waals surface area (Å²) in [5.74, 6) is -0.453. The van der Waals surface area contributed by atoms with E-state index in [1.807, 2.05) is 79.7 Å². The minimum atomic E-state index is -0.305. The lowest BCUT2D eigenvalue weighted by Crippen LogP contribution is -2.32. The summed E-state index contributed by atoms with van der Waals surface area (Å²) in [5, 5.41) is 10.8. The van der Waals surface area contributed by atoms with Crippen LogP contribution in [0.3, 0.4) is 0 Å². The quantitative estimate of drug-likeness (QED) is 0.680. The first-order valence-electron chi connectivity index (χ1n) is 9.55. The fourth-order valence-electron chi connectivity index (χ4n) is 3.79. The van der Waals surface area contributed by atoms with Crippen LogP contribution in [0, 0.1) is 6.92 Å². The molecule has 0 saturated heterocycles. The molecule has 28 heavy (non-hydrogen) atoms. The fraction of sp³-hybridized carbons (Fsp3) is 0.160. The standard InChI is InChI=1S/C25H23NO2/c1-18-12-14-20(15-13-18)22-23(21-10-6-3-7-11-21)26(25(28)24(22)27)17-16-19-8-4-2-5-9-19/h2-15,23,27H,16-17H2,1H3. The van der Waals surface area contributed by atoms with Gasteiger partial charge in [-0.1, -0.05) is 90.5 Å². The molecular weight excluding hydrogens is 346 g/mol. The van der Waals surface area contributed by atoms with Crippen molar-refractivity contribution in [2.45, 2.75) is 19.4 Å². The molecule has 1 N–H and O–H groups in total. The minimum absolute atomic E-state index is 0.147. The molecule has 1 unspecified atom stereocenters. The molecule has 1 heterocycles. The Morgan fingerprint density at radius 3 is 2.11 bits per heavy atom. The van der Waals surface area contributed by atoms with E-state index in [2.05, 4.69) is 12.1 Å². The zero-order valence-corrected chi connectivity index (χ0v) is 15.9. The van der Waals surface area contributed by atoms with Gasteiger partial charge in [-0.25, -0.2) is 0 Å². The normalized spacial score (nSPS) is 16.7. The zero-order valence-electron chi connectivity index (χ0n) is 15.9. The van der Waals surface area contributed by atoms with Crippen molar-refractivity contribution < 1.29 is 9.90 Å². The van der Waals surface area contributed by atoms with Crippen LogP contribution in [-0.2, 0) is 11.2 Å². The molecule has 0 aliphatic carbocycles. The van der Waals surface area contributed by atoms with E-state index < -0.39 is 0 Å². The van der Waals surface area contributed by atoms with Crippen molar-refractivity contribution in [1.29, 1.82) is 0 Å². The lowest BCUT2D eigenvalue weighted by molar-refractivity contribution is -0.129. The van der Waals surface area contributed by atoms with Crippen molar-refractivity contribution in [3.8, 4) is 0 Å². The number of carbonyl (C=O) groups excluding carboxylic acids is 1. The SMILES string of the molecule is Cc1ccc(C2=C(O)C(=O)N(CCc3ccccc3)C2c2ccccc2)cc1. The number of hydrogen-bond donors (Lipinski definition) is 1. The average molecular weight is 369 g/mol. The highest BCUT2D eigenvalue weighted by Crippen LogP contribution is 2.42. The van der Waals surface area contributed by atoms with Crippen molar-refractivity contribution in [1.82, 2.24) is 4.90 Å². The van der Waals surface area contributed by atoms with Crippen LogP contribution in [0.15, 0.2) is 90.7 Å². The van der Waals surface area contributed by atoms with Gasteiger partial charge in [-0.15, -0.1) is 0 Å². The van der Waals surface area contributed by atoms with Crippen LogP contribution in [0.2, 0.25) is 0 Å². The Bertz CT molecular complexity index is 992. The highest BCUT2D eigenvalue weighted by molar-refractivity contribution is 6.05. The van der Waals surface area contributed by atoms with Gasteiger partial charge in [-0.3, -0.25) is 4.79 Å². The number of aryl methyl sites for hydroxylation is 1. The summed E-state index contributed by atoms with van der Waals surface area (Å²) in [4.78, 5) is 14.8. The third-order valence-corrected chi connectivity index (χ3v) is 5.27. The maximum absolute atomic E-state index is 13.0. The third kappa shape index (κ3) is 3.44. The fourth-order valence-corrected chi connectivity index (χ4v) is 3.79. The van der Waals surface area contributed by atoms with Crippen LogP contribution in [0.1, 0.15) is 28.3 Å². The summed E-state index contributed by atoms with van der Waals surface area (Å²) < 4.78 is 0. The molecule has 0 saturated carbocycles. The third-order valence-electron chi connectivity index (χ3n) is 5.27. The maximum atomic E-state index is 13.0. The predicted octanol–water partition coefficient (Wildman–Crippen LogP) is 5.09. The van der Waals surface area contributed by atoms with Crippen molar-refractivity contribution >= 4 is 11.5 Å². The van der Waals surface area contributed by atoms with Gasteiger partial charge in [-0.05, 0) is 30.0 Å². The Kier molecular flexibility index (Phi) is 4.98. The highest BCUT2D eigenvalue weighted by Gasteiger charge is 2.40. The summed E-state index contributed by atoms with van der Waals surface area (Å²) in [6.45, 7) is 2.57. The van der Waals surface area contributed by atoms with Gasteiger partial charge in [0.1, 0.15) is 0 Å². The lowest BCUT2D eigenvalue weighted by atomic mass is 9.93. The highest BCUT2D eigenvalue weighted by atomic mass is 16.3. The van der Waals surface area contributed by atoms with E-state index in [0.29, 0.717) is 12.1 Å². The summed E-state index contributed by atoms with van der Waals surface area (Å²) >= 11 is 0. The smallest absolute Gasteiger partial charge is 0.289 e. The molecule has 1 aliphatic rings. The van der Waals surface area contributed by atoms with Gasteiger partial charge >= 0.3 is 0 Å². The average Bonchev–Trinajstić information content (AvgIpc) is 2.99. The molecule has 1 aliphatic heterocycles. The summed E-state index contributed by atoms with van der Waals surface area (Å²) in [6.07, 6.45) is 0.740. The van der Waals surface area contributed by atoms with E-state index in [0.717, 1.165) is 23.1 Å². The molecule has 0 bridgehead atoms. The molecule has 3 aromatic rings. The largest absolute Gasteiger partial charge is 0.503 e. The van der Waals surface area contributed by atoms with Crippen molar-refractivity contribution in [3.05, 3.63) is 113 Å². The second-order valence-corrected chi connectivity index (χ2v) is 7.18. The van der Waals surface area contributed by atoms with Crippen LogP contribution in [0.25, 0.3) is 5.57 Å². The first-order valence-corrected chi connectivity index (χ1v) is 9.55. The maximum Gasteiger partial charge on any atom is 0.289 e. The van der Waals surface area contributed by atoms with Gasteiger partial charge in [0.2, 0.25) is 0 Å². The molecular formula is C25H23NO2. The number of nitrogens with zero attached hydrogens (tertiary/aromatic N) is 1. The summed E-state index contributed by atoms with van der Waals surface area (Å²) in [7, 11) is 0. The Morgan fingerprint density at radius 1 is 0.857 bits per heavy atom. The number of benzene rings is 3. The van der Waals surface area contributed by atoms with E-state index in [1.165, 1.54) is 5.56 Å². The minimum Gasteiger partial charge on any atom is -0.503 e. The van der Waals surface area contributed by atoms with E-state index in [4.69, 9.17) is 0 Å². The van der Waals surface area contributed by atoms with Gasteiger partial charge in [-0.2, -0.15) is 0 Å². The van der Waals surface area contributed by atoms with Gasteiger partial charge < -0.3 is 10.0 Å². The predicted molar refractivity (Wildman–Crippen MR) is 112 cm³/mol. The van der Waals surface area contributed by atoms with Crippen LogP contribution in [0.5, 0.6) is 0 Å². The van der Waals surface area contributed by atoms with E-state index >= 15 is 0 Å². The van der Waals surface area contributed by atoms with E-state index in [9.17, 15) is 9.90 Å². The van der Waals surface area contributed by atoms with Gasteiger partial charge in [0.05, 0.1) is 6.04 Å². The molecule has 3 heteroatoms. The molecule has 140 valence electrons. The second kappa shape index (κ2) is 7.73. The number of rotatable bonds is 5. The summed E-state index contributed by atoms with van der Waals surface area (Å²) in [6, 6.07) is 27.7. The Balaban J connectivity index is 1.72. The molecule has 0 spiro atoms. The molecule has 3 nitrogen and oxygen atoms in total. The van der Waals surface area contributed by atoms with E-state index in [-0.39, 0.29) is 17.7 Å². The van der Waals surface area contributed by atoms with Crippen LogP contribution in [-0.4, -0.2) is 22.5 Å². The van der Waals surface area contributed by atoms with Crippen LogP contribution < -0.4 is 0 Å². The number of carbonyl (C=O) groups is 1. The first-order chi connectivity index (χ1) is 13.6. The van der Waals surface area contributed by atoms with Gasteiger partial charge in [0.25, 0.3) is 5.91 Å². The first kappa shape index (κ1) is 18.1. The number of hydrogen-bond acceptors (Lipinski definition) is 2. The topological polar surface area (TPSA) is 40.5 Å². The molecule has 1 amide bonds. The monoisotopic (exact) mass is 369 g/mol. The van der Waals surface area contributed by atoms with Crippen molar-refractivity contribution in [3.63, 3.8) is 0 Å². The van der Waals surface area contributed by atoms with Crippen molar-refractivity contribution in [2.24, 2.45) is 0 Å². The molecule has 0 fully saturated rings. The molecule has 4 rings (SSSR count). The number of amides is 1. The van der Waals surface area contributed by atoms with Crippen LogP contribution in [0.4, 0.5) is 0 Å². The zero-order chi connectivity index (χ0) is 19.5. The molecule has 3 aromatic carbocycles. The van der Waals surface area contributed by atoms with Crippen LogP contribution >= 0.6 is 0 Å². The molecule has 0 aromatic heterocycles. The van der Waals surface area contributed by atoms with Crippen molar-refractivity contribution in [2.75, 3.05) is 6.54 Å². The van der Waals surface area contributed by atoms with Gasteiger partial charge in [0.15, 0.2) is 5.76 Å².